The number of rotatable bonds is 6. The number of fused-ring (bicyclic) bond motifs is 1. The van der Waals surface area contributed by atoms with Crippen LogP contribution in [0.15, 0.2) is 54.6 Å². The van der Waals surface area contributed by atoms with Crippen molar-refractivity contribution < 1.29 is 14.6 Å². The van der Waals surface area contributed by atoms with Gasteiger partial charge in [0.2, 0.25) is 0 Å². The molecular formula is C21H22O3. The van der Waals surface area contributed by atoms with Gasteiger partial charge in [0.05, 0.1) is 0 Å². The molecule has 1 aliphatic rings. The topological polar surface area (TPSA) is 38.7 Å². The number of benzene rings is 2. The largest absolute Gasteiger partial charge is 0.508 e. The van der Waals surface area contributed by atoms with Gasteiger partial charge in [-0.1, -0.05) is 42.5 Å². The second-order valence-corrected chi connectivity index (χ2v) is 5.73. The standard InChI is InChI=1S/C21H22O3/c22-19-11-8-17(9-12-19)6-4-2-1-3-5-7-18-10-13-20-21(16-18)24-15-14-23-20/h4-13,16,22H,1-3,14-15H2/b6-4+,7-5+. The van der Waals surface area contributed by atoms with Crippen LogP contribution in [0.5, 0.6) is 17.2 Å². The van der Waals surface area contributed by atoms with Gasteiger partial charge in [0.15, 0.2) is 11.5 Å². The molecule has 0 fully saturated rings. The molecule has 0 atom stereocenters. The van der Waals surface area contributed by atoms with Gasteiger partial charge in [0.1, 0.15) is 19.0 Å². The normalized spacial score (nSPS) is 13.7. The maximum atomic E-state index is 9.24. The van der Waals surface area contributed by atoms with Gasteiger partial charge in [-0.05, 0) is 54.7 Å². The van der Waals surface area contributed by atoms with Crippen LogP contribution in [0, 0.1) is 0 Å². The van der Waals surface area contributed by atoms with Crippen LogP contribution in [0.1, 0.15) is 30.4 Å². The predicted molar refractivity (Wildman–Crippen MR) is 97.5 cm³/mol. The van der Waals surface area contributed by atoms with Crippen LogP contribution in [0.2, 0.25) is 0 Å². The molecule has 2 aromatic carbocycles. The Bertz CT molecular complexity index is 714. The van der Waals surface area contributed by atoms with E-state index in [4.69, 9.17) is 9.47 Å². The van der Waals surface area contributed by atoms with E-state index < -0.39 is 0 Å². The third-order valence-electron chi connectivity index (χ3n) is 3.82. The number of unbranched alkanes of at least 4 members (excludes halogenated alkanes) is 2. The SMILES string of the molecule is Oc1ccc(/C=C/CCC/C=C/c2ccc3c(c2)OCCO3)cc1. The summed E-state index contributed by atoms with van der Waals surface area (Å²) in [5.74, 6) is 1.97. The Morgan fingerprint density at radius 3 is 2.17 bits per heavy atom. The van der Waals surface area contributed by atoms with Crippen molar-refractivity contribution in [3.05, 3.63) is 65.7 Å². The summed E-state index contributed by atoms with van der Waals surface area (Å²) in [5, 5.41) is 9.24. The van der Waals surface area contributed by atoms with Gasteiger partial charge < -0.3 is 14.6 Å². The minimum Gasteiger partial charge on any atom is -0.508 e. The van der Waals surface area contributed by atoms with E-state index >= 15 is 0 Å². The Labute approximate surface area is 142 Å². The molecule has 0 saturated carbocycles. The highest BCUT2D eigenvalue weighted by atomic mass is 16.6. The van der Waals surface area contributed by atoms with Gasteiger partial charge >= 0.3 is 0 Å². The van der Waals surface area contributed by atoms with Crippen molar-refractivity contribution in [3.63, 3.8) is 0 Å². The number of phenolic OH excluding ortho intramolecular Hbond substituents is 1. The quantitative estimate of drug-likeness (QED) is 0.755. The van der Waals surface area contributed by atoms with E-state index in [-0.39, 0.29) is 0 Å². The lowest BCUT2D eigenvalue weighted by Gasteiger charge is -2.18. The Morgan fingerprint density at radius 1 is 0.792 bits per heavy atom. The lowest BCUT2D eigenvalue weighted by Crippen LogP contribution is -2.15. The lowest BCUT2D eigenvalue weighted by molar-refractivity contribution is 0.171. The zero-order valence-electron chi connectivity index (χ0n) is 13.7. The van der Waals surface area contributed by atoms with Crippen LogP contribution in [-0.2, 0) is 0 Å². The molecule has 1 N–H and O–H groups in total. The summed E-state index contributed by atoms with van der Waals surface area (Å²) in [4.78, 5) is 0. The molecule has 24 heavy (non-hydrogen) atoms. The number of hydrogen-bond acceptors (Lipinski definition) is 3. The van der Waals surface area contributed by atoms with E-state index in [2.05, 4.69) is 30.4 Å². The van der Waals surface area contributed by atoms with Crippen LogP contribution in [0.3, 0.4) is 0 Å². The summed E-state index contributed by atoms with van der Waals surface area (Å²) >= 11 is 0. The minimum absolute atomic E-state index is 0.302. The van der Waals surface area contributed by atoms with Gasteiger partial charge in [0, 0.05) is 0 Å². The average Bonchev–Trinajstić information content (AvgIpc) is 2.62. The highest BCUT2D eigenvalue weighted by Crippen LogP contribution is 2.31. The Hall–Kier alpha value is -2.68. The van der Waals surface area contributed by atoms with Crippen molar-refractivity contribution in [3.8, 4) is 17.2 Å². The molecule has 0 saturated heterocycles. The molecule has 0 amide bonds. The molecule has 2 aromatic rings. The summed E-state index contributed by atoms with van der Waals surface area (Å²) in [6, 6.07) is 13.3. The number of hydrogen-bond donors (Lipinski definition) is 1. The van der Waals surface area contributed by atoms with Crippen LogP contribution < -0.4 is 9.47 Å². The molecule has 0 aliphatic carbocycles. The summed E-state index contributed by atoms with van der Waals surface area (Å²) in [5.41, 5.74) is 2.25. The van der Waals surface area contributed by atoms with Gasteiger partial charge in [0.25, 0.3) is 0 Å². The molecule has 0 aromatic heterocycles. The van der Waals surface area contributed by atoms with Crippen LogP contribution >= 0.6 is 0 Å². The maximum absolute atomic E-state index is 9.24. The van der Waals surface area contributed by atoms with Crippen LogP contribution in [0.4, 0.5) is 0 Å². The van der Waals surface area contributed by atoms with E-state index in [9.17, 15) is 5.11 Å². The lowest BCUT2D eigenvalue weighted by atomic mass is 10.1. The minimum atomic E-state index is 0.302. The molecule has 3 nitrogen and oxygen atoms in total. The summed E-state index contributed by atoms with van der Waals surface area (Å²) in [6.07, 6.45) is 11.8. The maximum Gasteiger partial charge on any atom is 0.161 e. The zero-order chi connectivity index (χ0) is 16.6. The van der Waals surface area contributed by atoms with Crippen molar-refractivity contribution in [2.75, 3.05) is 13.2 Å². The molecule has 0 bridgehead atoms. The fraction of sp³-hybridized carbons (Fsp3) is 0.238. The van der Waals surface area contributed by atoms with Gasteiger partial charge in [-0.25, -0.2) is 0 Å². The Morgan fingerprint density at radius 2 is 1.42 bits per heavy atom. The first-order chi connectivity index (χ1) is 11.8. The molecule has 3 heteroatoms. The summed E-state index contributed by atoms with van der Waals surface area (Å²) < 4.78 is 11.1. The molecule has 0 spiro atoms. The molecule has 124 valence electrons. The predicted octanol–water partition coefficient (Wildman–Crippen LogP) is 5.06. The molecule has 0 unspecified atom stereocenters. The number of phenols is 1. The fourth-order valence-corrected chi connectivity index (χ4v) is 2.54. The second-order valence-electron chi connectivity index (χ2n) is 5.73. The van der Waals surface area contributed by atoms with Crippen LogP contribution in [-0.4, -0.2) is 18.3 Å². The monoisotopic (exact) mass is 322 g/mol. The third-order valence-corrected chi connectivity index (χ3v) is 3.82. The molecule has 3 rings (SSSR count). The van der Waals surface area contributed by atoms with Crippen molar-refractivity contribution in [1.29, 1.82) is 0 Å². The first-order valence-corrected chi connectivity index (χ1v) is 8.33. The summed E-state index contributed by atoms with van der Waals surface area (Å²) in [7, 11) is 0. The number of aromatic hydroxyl groups is 1. The Balaban J connectivity index is 1.41. The van der Waals surface area contributed by atoms with E-state index in [1.165, 1.54) is 0 Å². The van der Waals surface area contributed by atoms with Gasteiger partial charge in [-0.15, -0.1) is 0 Å². The first-order valence-electron chi connectivity index (χ1n) is 8.33. The van der Waals surface area contributed by atoms with Crippen molar-refractivity contribution in [1.82, 2.24) is 0 Å². The number of allylic oxidation sites excluding steroid dienone is 2. The fourth-order valence-electron chi connectivity index (χ4n) is 2.54. The van der Waals surface area contributed by atoms with Crippen molar-refractivity contribution in [2.24, 2.45) is 0 Å². The smallest absolute Gasteiger partial charge is 0.161 e. The first kappa shape index (κ1) is 16.2. The average molecular weight is 322 g/mol. The molecule has 0 radical (unpaired) electrons. The second kappa shape index (κ2) is 8.25. The summed E-state index contributed by atoms with van der Waals surface area (Å²) in [6.45, 7) is 1.24. The molecule has 1 heterocycles. The number of ether oxygens (including phenoxy) is 2. The zero-order valence-corrected chi connectivity index (χ0v) is 13.7. The van der Waals surface area contributed by atoms with Crippen LogP contribution in [0.25, 0.3) is 12.2 Å². The van der Waals surface area contributed by atoms with E-state index in [0.717, 1.165) is 41.9 Å². The van der Waals surface area contributed by atoms with E-state index in [1.54, 1.807) is 12.1 Å². The van der Waals surface area contributed by atoms with Crippen molar-refractivity contribution >= 4 is 12.2 Å². The highest BCUT2D eigenvalue weighted by Gasteiger charge is 2.10. The van der Waals surface area contributed by atoms with Gasteiger partial charge in [-0.2, -0.15) is 0 Å². The van der Waals surface area contributed by atoms with Crippen molar-refractivity contribution in [2.45, 2.75) is 19.3 Å². The van der Waals surface area contributed by atoms with Gasteiger partial charge in [-0.3, -0.25) is 0 Å². The highest BCUT2D eigenvalue weighted by molar-refractivity contribution is 5.56. The molecular weight excluding hydrogens is 300 g/mol. The van der Waals surface area contributed by atoms with E-state index in [0.29, 0.717) is 19.0 Å². The third kappa shape index (κ3) is 4.66. The Kier molecular flexibility index (Phi) is 5.56. The van der Waals surface area contributed by atoms with E-state index in [1.807, 2.05) is 24.3 Å². The molecule has 1 aliphatic heterocycles.